The number of hydrogen-bond acceptors (Lipinski definition) is 4. The molecule has 8 heteroatoms. The van der Waals surface area contributed by atoms with Crippen LogP contribution in [-0.2, 0) is 9.59 Å². The van der Waals surface area contributed by atoms with Gasteiger partial charge in [-0.3, -0.25) is 4.79 Å². The first-order valence-electron chi connectivity index (χ1n) is 6.02. The standard InChI is InChI=1S/C11H21N3O4S/c1-3-19-5-4-7(2)13-11(18)14-8(10(16)17)6-9(12)15/h7-8H,3-6H2,1-2H3,(H2,12,15)(H,16,17)(H2,13,14,18). The van der Waals surface area contributed by atoms with E-state index in [2.05, 4.69) is 17.6 Å². The molecule has 0 fully saturated rings. The van der Waals surface area contributed by atoms with Crippen molar-refractivity contribution in [2.45, 2.75) is 38.8 Å². The second-order valence-electron chi connectivity index (χ2n) is 4.07. The highest BCUT2D eigenvalue weighted by Gasteiger charge is 2.22. The molecular weight excluding hydrogens is 270 g/mol. The van der Waals surface area contributed by atoms with E-state index in [-0.39, 0.29) is 6.04 Å². The molecular formula is C11H21N3O4S. The fourth-order valence-corrected chi connectivity index (χ4v) is 2.11. The van der Waals surface area contributed by atoms with Crippen LogP contribution < -0.4 is 16.4 Å². The van der Waals surface area contributed by atoms with Crippen LogP contribution in [0.2, 0.25) is 0 Å². The maximum atomic E-state index is 11.5. The zero-order chi connectivity index (χ0) is 14.8. The smallest absolute Gasteiger partial charge is 0.326 e. The number of amides is 3. The van der Waals surface area contributed by atoms with Crippen LogP contribution in [0.25, 0.3) is 0 Å². The molecule has 110 valence electrons. The second-order valence-corrected chi connectivity index (χ2v) is 5.46. The lowest BCUT2D eigenvalue weighted by molar-refractivity contribution is -0.140. The maximum Gasteiger partial charge on any atom is 0.326 e. The summed E-state index contributed by atoms with van der Waals surface area (Å²) in [5, 5.41) is 13.7. The molecule has 0 aromatic rings. The van der Waals surface area contributed by atoms with Crippen LogP contribution in [0.15, 0.2) is 0 Å². The number of thioether (sulfide) groups is 1. The summed E-state index contributed by atoms with van der Waals surface area (Å²) >= 11 is 1.76. The van der Waals surface area contributed by atoms with Crippen molar-refractivity contribution in [1.82, 2.24) is 10.6 Å². The number of nitrogens with one attached hydrogen (secondary N) is 2. The Morgan fingerprint density at radius 2 is 1.95 bits per heavy atom. The number of hydrogen-bond donors (Lipinski definition) is 4. The molecule has 19 heavy (non-hydrogen) atoms. The highest BCUT2D eigenvalue weighted by Crippen LogP contribution is 2.03. The van der Waals surface area contributed by atoms with E-state index in [1.807, 2.05) is 6.92 Å². The number of rotatable bonds is 9. The van der Waals surface area contributed by atoms with Crippen molar-refractivity contribution >= 4 is 29.7 Å². The van der Waals surface area contributed by atoms with Crippen molar-refractivity contribution in [2.24, 2.45) is 5.73 Å². The average molecular weight is 291 g/mol. The lowest BCUT2D eigenvalue weighted by Gasteiger charge is -2.17. The molecule has 0 aliphatic rings. The van der Waals surface area contributed by atoms with Crippen LogP contribution in [0.3, 0.4) is 0 Å². The normalized spacial score (nSPS) is 13.4. The van der Waals surface area contributed by atoms with Gasteiger partial charge in [-0.15, -0.1) is 0 Å². The summed E-state index contributed by atoms with van der Waals surface area (Å²) in [6.45, 7) is 3.89. The third kappa shape index (κ3) is 9.18. The minimum Gasteiger partial charge on any atom is -0.480 e. The molecule has 7 nitrogen and oxygen atoms in total. The summed E-state index contributed by atoms with van der Waals surface area (Å²) < 4.78 is 0. The number of carbonyl (C=O) groups is 3. The van der Waals surface area contributed by atoms with Gasteiger partial charge in [0.05, 0.1) is 6.42 Å². The third-order valence-electron chi connectivity index (χ3n) is 2.29. The molecule has 0 rings (SSSR count). The topological polar surface area (TPSA) is 122 Å². The molecule has 0 aliphatic carbocycles. The fraction of sp³-hybridized carbons (Fsp3) is 0.727. The largest absolute Gasteiger partial charge is 0.480 e. The van der Waals surface area contributed by atoms with E-state index >= 15 is 0 Å². The molecule has 0 bridgehead atoms. The van der Waals surface area contributed by atoms with E-state index in [0.29, 0.717) is 0 Å². The van der Waals surface area contributed by atoms with Crippen LogP contribution in [0.1, 0.15) is 26.7 Å². The molecule has 0 heterocycles. The van der Waals surface area contributed by atoms with Gasteiger partial charge in [-0.2, -0.15) is 11.8 Å². The Hall–Kier alpha value is -1.44. The highest BCUT2D eigenvalue weighted by atomic mass is 32.2. The summed E-state index contributed by atoms with van der Waals surface area (Å²) in [5.74, 6) is -0.136. The van der Waals surface area contributed by atoms with Gasteiger partial charge >= 0.3 is 12.0 Å². The number of aliphatic carboxylic acids is 1. The minimum atomic E-state index is -1.30. The Morgan fingerprint density at radius 3 is 2.42 bits per heavy atom. The van der Waals surface area contributed by atoms with Crippen molar-refractivity contribution in [3.8, 4) is 0 Å². The first-order valence-corrected chi connectivity index (χ1v) is 7.18. The van der Waals surface area contributed by atoms with Crippen molar-refractivity contribution in [2.75, 3.05) is 11.5 Å². The Labute approximate surface area is 116 Å². The van der Waals surface area contributed by atoms with Crippen LogP contribution in [-0.4, -0.2) is 46.6 Å². The Kier molecular flexibility index (Phi) is 8.77. The fourth-order valence-electron chi connectivity index (χ4n) is 1.30. The summed E-state index contributed by atoms with van der Waals surface area (Å²) in [4.78, 5) is 33.0. The SMILES string of the molecule is CCSCCC(C)NC(=O)NC(CC(N)=O)C(=O)O. The summed E-state index contributed by atoms with van der Waals surface area (Å²) in [6, 6.07) is -1.97. The van der Waals surface area contributed by atoms with Crippen molar-refractivity contribution < 1.29 is 19.5 Å². The summed E-state index contributed by atoms with van der Waals surface area (Å²) in [5.41, 5.74) is 4.91. The Morgan fingerprint density at radius 1 is 1.32 bits per heavy atom. The molecule has 0 saturated carbocycles. The lowest BCUT2D eigenvalue weighted by atomic mass is 10.2. The molecule has 3 amide bonds. The average Bonchev–Trinajstić information content (AvgIpc) is 2.27. The maximum absolute atomic E-state index is 11.5. The molecule has 0 saturated heterocycles. The van der Waals surface area contributed by atoms with Gasteiger partial charge in [0.1, 0.15) is 6.04 Å². The second kappa shape index (κ2) is 9.48. The predicted molar refractivity (Wildman–Crippen MR) is 74.0 cm³/mol. The van der Waals surface area contributed by atoms with Crippen LogP contribution in [0.5, 0.6) is 0 Å². The van der Waals surface area contributed by atoms with Gasteiger partial charge in [-0.25, -0.2) is 9.59 Å². The van der Waals surface area contributed by atoms with Gasteiger partial charge in [0.25, 0.3) is 0 Å². The number of primary amides is 1. The van der Waals surface area contributed by atoms with Crippen LogP contribution in [0, 0.1) is 0 Å². The van der Waals surface area contributed by atoms with Gasteiger partial charge in [0.2, 0.25) is 5.91 Å². The minimum absolute atomic E-state index is 0.0675. The third-order valence-corrected chi connectivity index (χ3v) is 3.22. The lowest BCUT2D eigenvalue weighted by Crippen LogP contribution is -2.49. The van der Waals surface area contributed by atoms with E-state index in [1.54, 1.807) is 11.8 Å². The molecule has 2 atom stereocenters. The highest BCUT2D eigenvalue weighted by molar-refractivity contribution is 7.99. The molecule has 0 spiro atoms. The van der Waals surface area contributed by atoms with Gasteiger partial charge < -0.3 is 21.5 Å². The summed E-state index contributed by atoms with van der Waals surface area (Å²) in [7, 11) is 0. The van der Waals surface area contributed by atoms with Gasteiger partial charge in [-0.05, 0) is 24.9 Å². The quantitative estimate of drug-likeness (QED) is 0.450. The first-order chi connectivity index (χ1) is 8.86. The van der Waals surface area contributed by atoms with Crippen molar-refractivity contribution in [3.05, 3.63) is 0 Å². The number of carboxylic acids is 1. The molecule has 0 aromatic heterocycles. The predicted octanol–water partition coefficient (Wildman–Crippen LogP) is 0.146. The van der Waals surface area contributed by atoms with E-state index in [9.17, 15) is 14.4 Å². The molecule has 5 N–H and O–H groups in total. The molecule has 0 aromatic carbocycles. The molecule has 0 aliphatic heterocycles. The summed E-state index contributed by atoms with van der Waals surface area (Å²) in [6.07, 6.45) is 0.363. The monoisotopic (exact) mass is 291 g/mol. The zero-order valence-corrected chi connectivity index (χ0v) is 12.0. The Balaban J connectivity index is 4.11. The number of urea groups is 1. The van der Waals surface area contributed by atoms with Crippen molar-refractivity contribution in [3.63, 3.8) is 0 Å². The van der Waals surface area contributed by atoms with Gasteiger partial charge in [0, 0.05) is 6.04 Å². The van der Waals surface area contributed by atoms with E-state index < -0.39 is 30.4 Å². The van der Waals surface area contributed by atoms with Crippen LogP contribution in [0.4, 0.5) is 4.79 Å². The van der Waals surface area contributed by atoms with Gasteiger partial charge in [0.15, 0.2) is 0 Å². The van der Waals surface area contributed by atoms with E-state index in [1.165, 1.54) is 0 Å². The molecule has 0 radical (unpaired) electrons. The Bertz CT molecular complexity index is 325. The van der Waals surface area contributed by atoms with Crippen LogP contribution >= 0.6 is 11.8 Å². The number of nitrogens with two attached hydrogens (primary N) is 1. The number of carboxylic acid groups (broad SMARTS) is 1. The number of carbonyl (C=O) groups excluding carboxylic acids is 2. The first kappa shape index (κ1) is 17.6. The molecule has 2 unspecified atom stereocenters. The van der Waals surface area contributed by atoms with Crippen molar-refractivity contribution in [1.29, 1.82) is 0 Å². The van der Waals surface area contributed by atoms with Gasteiger partial charge in [-0.1, -0.05) is 6.92 Å². The van der Waals surface area contributed by atoms with E-state index in [4.69, 9.17) is 10.8 Å². The van der Waals surface area contributed by atoms with E-state index in [0.717, 1.165) is 17.9 Å². The zero-order valence-electron chi connectivity index (χ0n) is 11.1.